The molecule has 2 nitrogen and oxygen atoms in total. The first kappa shape index (κ1) is 25.6. The van der Waals surface area contributed by atoms with Gasteiger partial charge < -0.3 is 10.2 Å². The Morgan fingerprint density at radius 2 is 1.50 bits per heavy atom. The lowest BCUT2D eigenvalue weighted by atomic mass is 10.0. The van der Waals surface area contributed by atoms with Gasteiger partial charge in [0.25, 0.3) is 0 Å². The van der Waals surface area contributed by atoms with Gasteiger partial charge in [-0.3, -0.25) is 0 Å². The van der Waals surface area contributed by atoms with Crippen molar-refractivity contribution in [1.82, 2.24) is 0 Å². The minimum Gasteiger partial charge on any atom is -0.396 e. The Morgan fingerprint density at radius 1 is 0.917 bits per heavy atom. The van der Waals surface area contributed by atoms with Crippen molar-refractivity contribution in [2.75, 3.05) is 6.61 Å². The first-order chi connectivity index (χ1) is 11.6. The van der Waals surface area contributed by atoms with E-state index in [0.717, 1.165) is 37.7 Å². The van der Waals surface area contributed by atoms with Crippen molar-refractivity contribution in [2.24, 2.45) is 0 Å². The van der Waals surface area contributed by atoms with E-state index in [1.165, 1.54) is 51.4 Å². The van der Waals surface area contributed by atoms with Crippen LogP contribution < -0.4 is 0 Å². The molecule has 0 aromatic carbocycles. The molecule has 0 heterocycles. The third-order valence-corrected chi connectivity index (χ3v) is 4.20. The molecule has 0 rings (SSSR count). The predicted molar refractivity (Wildman–Crippen MR) is 108 cm³/mol. The van der Waals surface area contributed by atoms with Crippen LogP contribution in [0.3, 0.4) is 0 Å². The van der Waals surface area contributed by atoms with Gasteiger partial charge in [-0.25, -0.2) is 0 Å². The molecule has 0 fully saturated rings. The van der Waals surface area contributed by atoms with E-state index in [-0.39, 0.29) is 6.10 Å². The van der Waals surface area contributed by atoms with Gasteiger partial charge in [0.15, 0.2) is 0 Å². The van der Waals surface area contributed by atoms with Crippen LogP contribution in [0, 0.1) is 0 Å². The smallest absolute Gasteiger partial charge is 0.0747 e. The maximum absolute atomic E-state index is 9.61. The minimum absolute atomic E-state index is 0.198. The number of aliphatic hydroxyl groups excluding tert-OH is 2. The van der Waals surface area contributed by atoms with E-state index >= 15 is 0 Å². The lowest BCUT2D eigenvalue weighted by Gasteiger charge is -2.10. The molecular weight excluding hydrogens is 296 g/mol. The predicted octanol–water partition coefficient (Wildman–Crippen LogP) is 6.57. The van der Waals surface area contributed by atoms with Crippen LogP contribution in [0.15, 0.2) is 24.3 Å². The molecule has 0 aliphatic carbocycles. The Balaban J connectivity index is 0. The van der Waals surface area contributed by atoms with Crippen LogP contribution in [0.2, 0.25) is 0 Å². The van der Waals surface area contributed by atoms with E-state index in [4.69, 9.17) is 5.11 Å². The number of allylic oxidation sites excluding steroid dienone is 2. The molecule has 2 heteroatoms. The number of unbranched alkanes of at least 4 members (excludes halogenated alkanes) is 9. The lowest BCUT2D eigenvalue weighted by molar-refractivity contribution is 0.196. The van der Waals surface area contributed by atoms with E-state index in [9.17, 15) is 5.11 Å². The fourth-order valence-corrected chi connectivity index (χ4v) is 2.56. The Kier molecular flexibility index (Phi) is 23.9. The summed E-state index contributed by atoms with van der Waals surface area (Å²) in [6.07, 6.45) is 19.4. The summed E-state index contributed by atoms with van der Waals surface area (Å²) in [5.41, 5.74) is 1.13. The molecule has 0 aromatic heterocycles. The third kappa shape index (κ3) is 21.4. The van der Waals surface area contributed by atoms with E-state index in [1.807, 2.05) is 13.0 Å². The summed E-state index contributed by atoms with van der Waals surface area (Å²) in [6.45, 7) is 10.3. The summed E-state index contributed by atoms with van der Waals surface area (Å²) in [4.78, 5) is 0. The number of hydrogen-bond donors (Lipinski definition) is 2. The maximum atomic E-state index is 9.61. The molecule has 0 radical (unpaired) electrons. The van der Waals surface area contributed by atoms with Crippen LogP contribution in [-0.4, -0.2) is 22.9 Å². The zero-order chi connectivity index (χ0) is 18.5. The number of rotatable bonds is 15. The number of hydrogen-bond acceptors (Lipinski definition) is 2. The zero-order valence-corrected chi connectivity index (χ0v) is 16.7. The van der Waals surface area contributed by atoms with Crippen LogP contribution >= 0.6 is 0 Å². The van der Waals surface area contributed by atoms with Crippen LogP contribution in [0.4, 0.5) is 0 Å². The van der Waals surface area contributed by atoms with Gasteiger partial charge in [-0.1, -0.05) is 77.4 Å². The van der Waals surface area contributed by atoms with E-state index < -0.39 is 0 Å². The van der Waals surface area contributed by atoms with Crippen LogP contribution in [0.5, 0.6) is 0 Å². The Morgan fingerprint density at radius 3 is 2.00 bits per heavy atom. The first-order valence-electron chi connectivity index (χ1n) is 10.2. The summed E-state index contributed by atoms with van der Waals surface area (Å²) in [6, 6.07) is 0. The topological polar surface area (TPSA) is 40.5 Å². The van der Waals surface area contributed by atoms with Crippen LogP contribution in [0.1, 0.15) is 104 Å². The maximum Gasteiger partial charge on any atom is 0.0747 e. The standard InChI is InChI=1S/2C11H22O/c1-4-6-7-9-11(12)10(3)8-5-2;1-2-3-4-5-6-7-8-9-10-11-12/h8,11-12H,4-7,9H2,1-3H3;2,12H,1,3-11H2/b10-8+;. The average Bonchev–Trinajstić information content (AvgIpc) is 2.58. The van der Waals surface area contributed by atoms with Crippen LogP contribution in [0.25, 0.3) is 0 Å². The van der Waals surface area contributed by atoms with Crippen molar-refractivity contribution in [3.05, 3.63) is 24.3 Å². The quantitative estimate of drug-likeness (QED) is 0.261. The summed E-state index contributed by atoms with van der Waals surface area (Å²) >= 11 is 0. The molecule has 144 valence electrons. The first-order valence-corrected chi connectivity index (χ1v) is 10.2. The van der Waals surface area contributed by atoms with Gasteiger partial charge in [0.05, 0.1) is 6.10 Å². The molecule has 0 aliphatic rings. The molecule has 1 atom stereocenters. The monoisotopic (exact) mass is 340 g/mol. The largest absolute Gasteiger partial charge is 0.396 e. The van der Waals surface area contributed by atoms with Crippen molar-refractivity contribution in [3.63, 3.8) is 0 Å². The summed E-state index contributed by atoms with van der Waals surface area (Å²) in [5.74, 6) is 0. The second kappa shape index (κ2) is 22.4. The second-order valence-corrected chi connectivity index (χ2v) is 6.64. The number of aliphatic hydroxyl groups is 2. The summed E-state index contributed by atoms with van der Waals surface area (Å²) < 4.78 is 0. The highest BCUT2D eigenvalue weighted by molar-refractivity contribution is 5.03. The van der Waals surface area contributed by atoms with Crippen molar-refractivity contribution >= 4 is 0 Å². The van der Waals surface area contributed by atoms with E-state index in [1.54, 1.807) is 0 Å². The molecular formula is C22H44O2. The van der Waals surface area contributed by atoms with Gasteiger partial charge >= 0.3 is 0 Å². The van der Waals surface area contributed by atoms with Crippen molar-refractivity contribution < 1.29 is 10.2 Å². The summed E-state index contributed by atoms with van der Waals surface area (Å²) in [7, 11) is 0. The Hall–Kier alpha value is -0.600. The molecule has 0 spiro atoms. The van der Waals surface area contributed by atoms with Gasteiger partial charge in [0.1, 0.15) is 0 Å². The van der Waals surface area contributed by atoms with Crippen molar-refractivity contribution in [2.45, 2.75) is 110 Å². The normalized spacial score (nSPS) is 12.5. The Bertz CT molecular complexity index is 271. The highest BCUT2D eigenvalue weighted by atomic mass is 16.3. The summed E-state index contributed by atoms with van der Waals surface area (Å²) in [5, 5.41) is 18.1. The van der Waals surface area contributed by atoms with Crippen molar-refractivity contribution in [3.8, 4) is 0 Å². The van der Waals surface area contributed by atoms with E-state index in [2.05, 4.69) is 26.5 Å². The minimum atomic E-state index is -0.198. The lowest BCUT2D eigenvalue weighted by Crippen LogP contribution is -2.07. The second-order valence-electron chi connectivity index (χ2n) is 6.64. The van der Waals surface area contributed by atoms with Gasteiger partial charge in [0, 0.05) is 6.61 Å². The molecule has 0 saturated heterocycles. The molecule has 0 amide bonds. The third-order valence-electron chi connectivity index (χ3n) is 4.20. The van der Waals surface area contributed by atoms with Gasteiger partial charge in [-0.15, -0.1) is 6.58 Å². The van der Waals surface area contributed by atoms with Crippen molar-refractivity contribution in [1.29, 1.82) is 0 Å². The zero-order valence-electron chi connectivity index (χ0n) is 16.7. The van der Waals surface area contributed by atoms with Gasteiger partial charge in [-0.2, -0.15) is 0 Å². The van der Waals surface area contributed by atoms with Gasteiger partial charge in [-0.05, 0) is 44.6 Å². The highest BCUT2D eigenvalue weighted by Gasteiger charge is 2.04. The van der Waals surface area contributed by atoms with E-state index in [0.29, 0.717) is 6.61 Å². The van der Waals surface area contributed by atoms with Gasteiger partial charge in [0.2, 0.25) is 0 Å². The molecule has 24 heavy (non-hydrogen) atoms. The molecule has 0 bridgehead atoms. The molecule has 0 aromatic rings. The van der Waals surface area contributed by atoms with Crippen LogP contribution in [-0.2, 0) is 0 Å². The average molecular weight is 341 g/mol. The molecule has 2 N–H and O–H groups in total. The highest BCUT2D eigenvalue weighted by Crippen LogP contribution is 2.11. The molecule has 1 unspecified atom stereocenters. The fourth-order valence-electron chi connectivity index (χ4n) is 2.56. The SMILES string of the molecule is C=CCCCCCCCCCO.CC/C=C(\C)C(O)CCCCC. The Labute approximate surface area is 152 Å². The fraction of sp³-hybridized carbons (Fsp3) is 0.818. The molecule has 0 saturated carbocycles. The molecule has 0 aliphatic heterocycles.